The van der Waals surface area contributed by atoms with Crippen LogP contribution in [0.5, 0.6) is 0 Å². The third-order valence-electron chi connectivity index (χ3n) is 10.1. The van der Waals surface area contributed by atoms with E-state index in [9.17, 15) is 0 Å². The summed E-state index contributed by atoms with van der Waals surface area (Å²) in [5.74, 6) is 0. The van der Waals surface area contributed by atoms with Crippen LogP contribution in [0, 0.1) is 0 Å². The molecule has 0 atom stereocenters. The molecule has 0 saturated carbocycles. The highest BCUT2D eigenvalue weighted by atomic mass is 15.1. The number of allylic oxidation sites excluding steroid dienone is 12. The van der Waals surface area contributed by atoms with Crippen LogP contribution in [0.25, 0.3) is 38.8 Å². The second-order valence-electron chi connectivity index (χ2n) is 14.7. The minimum atomic E-state index is 0.495. The first kappa shape index (κ1) is 46.4. The lowest BCUT2D eigenvalue weighted by atomic mass is 9.99. The second kappa shape index (κ2) is 24.6. The number of benzene rings is 6. The summed E-state index contributed by atoms with van der Waals surface area (Å²) in [6, 6.07) is 54.5. The molecule has 4 nitrogen and oxygen atoms in total. The summed E-state index contributed by atoms with van der Waals surface area (Å²) >= 11 is 0. The topological polar surface area (TPSA) is 60.2 Å². The summed E-state index contributed by atoms with van der Waals surface area (Å²) < 4.78 is 2.34. The van der Waals surface area contributed by atoms with Gasteiger partial charge in [-0.15, -0.1) is 6.58 Å². The molecule has 4 heteroatoms. The highest BCUT2D eigenvalue weighted by Gasteiger charge is 2.14. The first-order valence-corrected chi connectivity index (χ1v) is 21.3. The van der Waals surface area contributed by atoms with E-state index in [1.54, 1.807) is 6.08 Å². The van der Waals surface area contributed by atoms with Crippen molar-refractivity contribution in [3.63, 3.8) is 0 Å². The Bertz CT molecular complexity index is 2760. The van der Waals surface area contributed by atoms with Crippen LogP contribution in [0.4, 0.5) is 5.69 Å². The van der Waals surface area contributed by atoms with Gasteiger partial charge in [0.2, 0.25) is 0 Å². The first-order chi connectivity index (χ1) is 30.8. The standard InChI is InChI=1S/C37H31N3.C15H15N.C4H8.C3H6/c1-27-11-8-9-21-39(33-15-10-12-29(24-33)26-38)22-20-31(23-28(27)2)30-18-19-35-34-16-6-7-17-36(34)40(37(35)25-30)32-13-4-3-5-14-32;16-15(14-9-5-2-6-10-14)12-11-13-7-3-1-4-8-13;1-3-4-2;1-3-2/h3-25H,1-2,26,38H2;1-10,12H,11,16H2;3-4H,1-2H3;3H,1H2,2H3/b11-8-,21-9-,22-20-,31-23+;15-12-;4-3-;. The van der Waals surface area contributed by atoms with Gasteiger partial charge >= 0.3 is 0 Å². The van der Waals surface area contributed by atoms with Crippen molar-refractivity contribution < 1.29 is 0 Å². The van der Waals surface area contributed by atoms with E-state index in [1.807, 2.05) is 118 Å². The summed E-state index contributed by atoms with van der Waals surface area (Å²) in [6.07, 6.45) is 23.1. The minimum absolute atomic E-state index is 0.495. The van der Waals surface area contributed by atoms with Gasteiger partial charge in [0.15, 0.2) is 0 Å². The predicted octanol–water partition coefficient (Wildman–Crippen LogP) is 14.8. The zero-order chi connectivity index (χ0) is 44.8. The molecule has 0 bridgehead atoms. The van der Waals surface area contributed by atoms with Crippen molar-refractivity contribution in [3.8, 4) is 5.69 Å². The molecule has 0 fully saturated rings. The zero-order valence-corrected chi connectivity index (χ0v) is 36.9. The van der Waals surface area contributed by atoms with Gasteiger partial charge in [-0.2, -0.15) is 0 Å². The molecule has 63 heavy (non-hydrogen) atoms. The molecule has 7 aromatic rings. The van der Waals surface area contributed by atoms with E-state index in [0.717, 1.165) is 62.4 Å². The third kappa shape index (κ3) is 13.2. The molecule has 4 N–H and O–H groups in total. The van der Waals surface area contributed by atoms with Crippen LogP contribution in [0.3, 0.4) is 0 Å². The van der Waals surface area contributed by atoms with E-state index >= 15 is 0 Å². The minimum Gasteiger partial charge on any atom is -0.398 e. The largest absolute Gasteiger partial charge is 0.398 e. The van der Waals surface area contributed by atoms with E-state index in [4.69, 9.17) is 11.5 Å². The third-order valence-corrected chi connectivity index (χ3v) is 10.1. The number of para-hydroxylation sites is 2. The number of hydrogen-bond acceptors (Lipinski definition) is 3. The number of nitrogens with two attached hydrogens (primary N) is 2. The highest BCUT2D eigenvalue weighted by Crippen LogP contribution is 2.34. The van der Waals surface area contributed by atoms with Crippen LogP contribution in [0.1, 0.15) is 43.0 Å². The Balaban J connectivity index is 0.000000268. The van der Waals surface area contributed by atoms with Crippen LogP contribution in [-0.4, -0.2) is 4.57 Å². The fourth-order valence-electron chi connectivity index (χ4n) is 6.75. The lowest BCUT2D eigenvalue weighted by molar-refractivity contribution is 1.07. The van der Waals surface area contributed by atoms with E-state index < -0.39 is 0 Å². The Morgan fingerprint density at radius 2 is 1.19 bits per heavy atom. The molecule has 0 radical (unpaired) electrons. The smallest absolute Gasteiger partial charge is 0.0547 e. The average molecular weight is 825 g/mol. The normalized spacial score (nSPS) is 15.0. The number of anilines is 1. The van der Waals surface area contributed by atoms with Gasteiger partial charge in [-0.25, -0.2) is 0 Å². The quantitative estimate of drug-likeness (QED) is 0.157. The first-order valence-electron chi connectivity index (χ1n) is 21.3. The fraction of sp³-hybridized carbons (Fsp3) is 0.0847. The number of rotatable bonds is 7. The van der Waals surface area contributed by atoms with E-state index in [-0.39, 0.29) is 0 Å². The molecule has 0 spiro atoms. The Labute approximate surface area is 375 Å². The number of hydrogen-bond donors (Lipinski definition) is 2. The highest BCUT2D eigenvalue weighted by molar-refractivity contribution is 6.10. The Morgan fingerprint density at radius 3 is 1.87 bits per heavy atom. The lowest BCUT2D eigenvalue weighted by Crippen LogP contribution is -2.08. The predicted molar refractivity (Wildman–Crippen MR) is 276 cm³/mol. The van der Waals surface area contributed by atoms with Crippen molar-refractivity contribution in [2.45, 2.75) is 33.7 Å². The monoisotopic (exact) mass is 824 g/mol. The molecule has 316 valence electrons. The number of aromatic nitrogens is 1. The van der Waals surface area contributed by atoms with Crippen molar-refractivity contribution in [1.82, 2.24) is 4.57 Å². The molecular weight excluding hydrogens is 765 g/mol. The molecule has 8 rings (SSSR count). The molecular formula is C59H60N4. The fourth-order valence-corrected chi connectivity index (χ4v) is 6.75. The second-order valence-corrected chi connectivity index (χ2v) is 14.7. The zero-order valence-electron chi connectivity index (χ0n) is 36.9. The van der Waals surface area contributed by atoms with E-state index in [2.05, 4.69) is 151 Å². The number of nitrogens with zero attached hydrogens (tertiary/aromatic N) is 2. The molecule has 0 aliphatic carbocycles. The summed E-state index contributed by atoms with van der Waals surface area (Å²) in [7, 11) is 0. The van der Waals surface area contributed by atoms with E-state index in [1.165, 1.54) is 21.9 Å². The Morgan fingerprint density at radius 1 is 0.587 bits per heavy atom. The van der Waals surface area contributed by atoms with Gasteiger partial charge in [0.1, 0.15) is 0 Å². The molecule has 0 amide bonds. The van der Waals surface area contributed by atoms with Crippen molar-refractivity contribution >= 4 is 38.8 Å². The lowest BCUT2D eigenvalue weighted by Gasteiger charge is -2.17. The summed E-state index contributed by atoms with van der Waals surface area (Å²) in [5, 5.41) is 2.46. The van der Waals surface area contributed by atoms with Crippen molar-refractivity contribution in [1.29, 1.82) is 0 Å². The summed E-state index contributed by atoms with van der Waals surface area (Å²) in [5.41, 5.74) is 24.6. The van der Waals surface area contributed by atoms with Crippen molar-refractivity contribution in [3.05, 3.63) is 278 Å². The molecule has 0 saturated heterocycles. The maximum Gasteiger partial charge on any atom is 0.0547 e. The molecule has 6 aromatic carbocycles. The molecule has 0 unspecified atom stereocenters. The molecule has 2 heterocycles. The van der Waals surface area contributed by atoms with E-state index in [0.29, 0.717) is 6.54 Å². The Hall–Kier alpha value is -7.66. The summed E-state index contributed by atoms with van der Waals surface area (Å²) in [6.45, 7) is 18.3. The van der Waals surface area contributed by atoms with Gasteiger partial charge in [-0.05, 0) is 121 Å². The molecule has 1 aliphatic rings. The van der Waals surface area contributed by atoms with Gasteiger partial charge in [0, 0.05) is 46.8 Å². The maximum atomic E-state index is 6.00. The molecule has 1 aliphatic heterocycles. The van der Waals surface area contributed by atoms with Crippen molar-refractivity contribution in [2.24, 2.45) is 11.5 Å². The average Bonchev–Trinajstić information content (AvgIpc) is 3.66. The Kier molecular flexibility index (Phi) is 18.1. The van der Waals surface area contributed by atoms with Crippen LogP contribution < -0.4 is 16.4 Å². The van der Waals surface area contributed by atoms with Crippen molar-refractivity contribution in [2.75, 3.05) is 4.90 Å². The molecule has 1 aromatic heterocycles. The van der Waals surface area contributed by atoms with Gasteiger partial charge in [0.25, 0.3) is 0 Å². The summed E-state index contributed by atoms with van der Waals surface area (Å²) in [4.78, 5) is 2.10. The van der Waals surface area contributed by atoms with Crippen LogP contribution in [0.2, 0.25) is 0 Å². The van der Waals surface area contributed by atoms with Crippen LogP contribution in [0.15, 0.2) is 256 Å². The van der Waals surface area contributed by atoms with Gasteiger partial charge in [-0.3, -0.25) is 0 Å². The van der Waals surface area contributed by atoms with Gasteiger partial charge in [-0.1, -0.05) is 171 Å². The maximum absolute atomic E-state index is 6.00. The van der Waals surface area contributed by atoms with Gasteiger partial charge in [0.05, 0.1) is 11.0 Å². The SMILES string of the molecule is C/C=C\C.C=C1/C=C\C=C/N(c2cccc(CN)c2)/C=C\C(c2ccc3c4ccccc4n(-c4ccccc4)c3c2)=C/C1=C.C=CC.N/C(=C\Cc1ccccc1)c1ccccc1. The van der Waals surface area contributed by atoms with Crippen LogP contribution >= 0.6 is 0 Å². The van der Waals surface area contributed by atoms with Crippen LogP contribution in [-0.2, 0) is 13.0 Å². The van der Waals surface area contributed by atoms with Gasteiger partial charge < -0.3 is 20.9 Å². The number of fused-ring (bicyclic) bond motifs is 3.